The molecule has 0 atom stereocenters. The molecule has 0 aromatic heterocycles. The van der Waals surface area contributed by atoms with Crippen molar-refractivity contribution in [3.63, 3.8) is 0 Å². The lowest BCUT2D eigenvalue weighted by Crippen LogP contribution is -1.90. The Morgan fingerprint density at radius 2 is 1.00 bits per heavy atom. The molecule has 0 aliphatic heterocycles. The van der Waals surface area contributed by atoms with E-state index >= 15 is 0 Å². The van der Waals surface area contributed by atoms with Crippen molar-refractivity contribution in [2.45, 2.75) is 0 Å². The van der Waals surface area contributed by atoms with Crippen LogP contribution in [0.15, 0.2) is 0 Å². The van der Waals surface area contributed by atoms with E-state index in [-0.39, 0.29) is 12.3 Å². The zero-order chi connectivity index (χ0) is 11.7. The lowest BCUT2D eigenvalue weighted by molar-refractivity contribution is -0.742. The highest BCUT2D eigenvalue weighted by molar-refractivity contribution is 7.79. The number of nitrogens with zero attached hydrogens (tertiary/aromatic N) is 2. The second-order valence-corrected chi connectivity index (χ2v) is 1.74. The minimum absolute atomic E-state index is 0. The van der Waals surface area contributed by atoms with E-state index in [0.717, 1.165) is 0 Å². The van der Waals surface area contributed by atoms with Gasteiger partial charge in [0.2, 0.25) is 10.4 Å². The molecule has 0 rings (SSSR count). The molecular weight excluding hydrogens is 248 g/mol. The Balaban J connectivity index is -0.0000000315. The molecule has 96 valence electrons. The summed E-state index contributed by atoms with van der Waals surface area (Å²) in [5.41, 5.74) is 0. The van der Waals surface area contributed by atoms with Crippen molar-refractivity contribution >= 4 is 10.4 Å². The van der Waals surface area contributed by atoms with Crippen LogP contribution in [0.1, 0.15) is 0 Å². The fourth-order valence-electron chi connectivity index (χ4n) is 0. The Bertz CT molecular complexity index is 212. The molecule has 0 fully saturated rings. The van der Waals surface area contributed by atoms with Crippen molar-refractivity contribution in [3.05, 3.63) is 25.4 Å². The summed E-state index contributed by atoms with van der Waals surface area (Å²) in [5, 5.41) is 28.4. The first kappa shape index (κ1) is 29.2. The van der Waals surface area contributed by atoms with Gasteiger partial charge in [-0.2, -0.15) is 0 Å². The fourth-order valence-corrected chi connectivity index (χ4v) is 0. The van der Waals surface area contributed by atoms with E-state index in [1.165, 1.54) is 0 Å². The van der Waals surface area contributed by atoms with Crippen molar-refractivity contribution in [2.75, 3.05) is 0 Å². The SMILES string of the molecule is O=S(=O)([O-])O.O=[N+]([O-])O.O=[N+]([O-])[O-].[NH4+].[NH4+]. The zero-order valence-electron chi connectivity index (χ0n) is 7.46. The molecule has 15 heteroatoms. The van der Waals surface area contributed by atoms with Crippen LogP contribution in [0.25, 0.3) is 0 Å². The number of hydrogen-bond donors (Lipinski definition) is 4. The third kappa shape index (κ3) is 386. The first-order valence-electron chi connectivity index (χ1n) is 1.80. The molecule has 0 saturated carbocycles. The maximum absolute atomic E-state index is 8.63. The van der Waals surface area contributed by atoms with Gasteiger partial charge in [0.15, 0.2) is 0 Å². The van der Waals surface area contributed by atoms with Crippen molar-refractivity contribution in [1.82, 2.24) is 12.3 Å². The number of hydrogen-bond acceptors (Lipinski definition) is 8. The van der Waals surface area contributed by atoms with Gasteiger partial charge < -0.3 is 37.4 Å². The Morgan fingerprint density at radius 1 is 1.00 bits per heavy atom. The summed E-state index contributed by atoms with van der Waals surface area (Å²) in [5.74, 6) is 0. The van der Waals surface area contributed by atoms with E-state index in [9.17, 15) is 0 Å². The molecule has 0 spiro atoms. The van der Waals surface area contributed by atoms with Gasteiger partial charge in [-0.05, 0) is 0 Å². The third-order valence-corrected chi connectivity index (χ3v) is 0. The highest BCUT2D eigenvalue weighted by atomic mass is 32.3. The van der Waals surface area contributed by atoms with Gasteiger partial charge >= 0.3 is 0 Å². The molecule has 0 radical (unpaired) electrons. The summed E-state index contributed by atoms with van der Waals surface area (Å²) in [6, 6.07) is 0. The monoisotopic (exact) mass is 258 g/mol. The van der Waals surface area contributed by atoms with Gasteiger partial charge in [-0.15, -0.1) is 10.1 Å². The summed E-state index contributed by atoms with van der Waals surface area (Å²) >= 11 is 0. The zero-order valence-corrected chi connectivity index (χ0v) is 8.28. The molecule has 0 heterocycles. The van der Waals surface area contributed by atoms with Crippen LogP contribution < -0.4 is 12.3 Å². The van der Waals surface area contributed by atoms with Crippen LogP contribution in [0, 0.1) is 25.4 Å². The van der Waals surface area contributed by atoms with Gasteiger partial charge in [0.1, 0.15) is 0 Å². The highest BCUT2D eigenvalue weighted by Crippen LogP contribution is 1.58. The molecular formula is H10N4O10S. The lowest BCUT2D eigenvalue weighted by Gasteiger charge is -1.88. The van der Waals surface area contributed by atoms with E-state index in [0.29, 0.717) is 0 Å². The molecule has 0 amide bonds. The number of quaternary nitrogens is 2. The maximum atomic E-state index is 8.63. The minimum atomic E-state index is -4.92. The first-order chi connectivity index (χ1) is 5.46. The van der Waals surface area contributed by atoms with Crippen LogP contribution in [-0.2, 0) is 10.4 Å². The van der Waals surface area contributed by atoms with E-state index in [2.05, 4.69) is 0 Å². The van der Waals surface area contributed by atoms with E-state index in [1.807, 2.05) is 0 Å². The normalized spacial score (nSPS) is 7.07. The summed E-state index contributed by atoms with van der Waals surface area (Å²) < 4.78 is 32.8. The third-order valence-electron chi connectivity index (χ3n) is 0. The van der Waals surface area contributed by atoms with Crippen molar-refractivity contribution < 1.29 is 32.9 Å². The van der Waals surface area contributed by atoms with Crippen LogP contribution in [-0.4, -0.2) is 32.9 Å². The Morgan fingerprint density at radius 3 is 1.00 bits per heavy atom. The van der Waals surface area contributed by atoms with Crippen LogP contribution in [0.4, 0.5) is 0 Å². The van der Waals surface area contributed by atoms with E-state index < -0.39 is 20.6 Å². The van der Waals surface area contributed by atoms with Gasteiger partial charge in [-0.1, -0.05) is 0 Å². The second kappa shape index (κ2) is 14.7. The van der Waals surface area contributed by atoms with E-state index in [1.54, 1.807) is 0 Å². The van der Waals surface area contributed by atoms with Crippen LogP contribution in [0.5, 0.6) is 0 Å². The largest absolute Gasteiger partial charge is 0.726 e. The van der Waals surface area contributed by atoms with Gasteiger partial charge in [-0.25, -0.2) is 8.42 Å². The van der Waals surface area contributed by atoms with Gasteiger partial charge in [0, 0.05) is 0 Å². The fraction of sp³-hybridized carbons (Fsp3) is 0. The minimum Gasteiger partial charge on any atom is -0.726 e. The Hall–Kier alpha value is -1.81. The molecule has 0 aromatic rings. The first-order valence-corrected chi connectivity index (χ1v) is 3.16. The summed E-state index contributed by atoms with van der Waals surface area (Å²) in [6.07, 6.45) is 0. The lowest BCUT2D eigenvalue weighted by atomic mass is 13.1. The van der Waals surface area contributed by atoms with Crippen LogP contribution in [0.3, 0.4) is 0 Å². The van der Waals surface area contributed by atoms with Gasteiger partial charge in [-0.3, -0.25) is 4.55 Å². The van der Waals surface area contributed by atoms with Crippen molar-refractivity contribution in [1.29, 1.82) is 0 Å². The van der Waals surface area contributed by atoms with Crippen LogP contribution >= 0.6 is 0 Å². The van der Waals surface area contributed by atoms with Crippen molar-refractivity contribution in [3.8, 4) is 0 Å². The topological polar surface area (TPSA) is 280 Å². The average molecular weight is 258 g/mol. The predicted molar refractivity (Wildman–Crippen MR) is 43.4 cm³/mol. The quantitative estimate of drug-likeness (QED) is 0.181. The summed E-state index contributed by atoms with van der Waals surface area (Å²) in [7, 11) is -4.92. The second-order valence-electron chi connectivity index (χ2n) is 0.889. The molecule has 0 saturated heterocycles. The standard InChI is InChI=1S/HNO3.NO3.2H3N.H2O4S/c2*2-1(3)4;;;1-5(2,3)4/h(H,2,3,4);;2*1H3;(H2,1,2,3,4)/q;-1;;;/p+1. The molecule has 15 heavy (non-hydrogen) atoms. The molecule has 10 N–H and O–H groups in total. The molecule has 0 aliphatic carbocycles. The van der Waals surface area contributed by atoms with Gasteiger partial charge in [0.05, 0.1) is 5.09 Å². The number of rotatable bonds is 0. The molecule has 0 aromatic carbocycles. The van der Waals surface area contributed by atoms with Crippen LogP contribution in [0.2, 0.25) is 0 Å². The smallest absolute Gasteiger partial charge is 0.291 e. The molecule has 0 aliphatic rings. The van der Waals surface area contributed by atoms with E-state index in [4.69, 9.17) is 48.2 Å². The van der Waals surface area contributed by atoms with Gasteiger partial charge in [0.25, 0.3) is 5.09 Å². The Kier molecular flexibility index (Phi) is 28.6. The highest BCUT2D eigenvalue weighted by Gasteiger charge is 1.67. The molecule has 14 nitrogen and oxygen atoms in total. The predicted octanol–water partition coefficient (Wildman–Crippen LogP) is -0.830. The average Bonchev–Trinajstić information content (AvgIpc) is 1.50. The maximum Gasteiger partial charge on any atom is 0.291 e. The Labute approximate surface area is 82.1 Å². The summed E-state index contributed by atoms with van der Waals surface area (Å²) in [6.45, 7) is 0. The molecule has 0 bridgehead atoms. The summed E-state index contributed by atoms with van der Waals surface area (Å²) in [4.78, 5) is 16.6. The molecule has 0 unspecified atom stereocenters. The van der Waals surface area contributed by atoms with Crippen molar-refractivity contribution in [2.24, 2.45) is 0 Å².